The van der Waals surface area contributed by atoms with Gasteiger partial charge in [-0.25, -0.2) is 4.79 Å². The second-order valence-electron chi connectivity index (χ2n) is 8.86. The number of carbonyl (C=O) groups excluding carboxylic acids is 3. The number of rotatable bonds is 12. The highest BCUT2D eigenvalue weighted by atomic mass is 32.1. The number of hydrogen-bond acceptors (Lipinski definition) is 6. The molecule has 0 saturated heterocycles. The molecule has 0 radical (unpaired) electrons. The van der Waals surface area contributed by atoms with Gasteiger partial charge in [-0.1, -0.05) is 46.0 Å². The van der Waals surface area contributed by atoms with Crippen molar-refractivity contribution in [1.29, 1.82) is 0 Å². The first-order chi connectivity index (χ1) is 14.5. The number of aliphatic carboxylic acids is 1. The summed E-state index contributed by atoms with van der Waals surface area (Å²) in [4.78, 5) is 49.1. The molecular weight excluding hydrogens is 420 g/mol. The van der Waals surface area contributed by atoms with Crippen molar-refractivity contribution in [2.24, 2.45) is 17.6 Å². The minimum absolute atomic E-state index is 0.0109. The lowest BCUT2D eigenvalue weighted by molar-refractivity contribution is -0.142. The normalized spacial score (nSPS) is 18.5. The molecular formula is C21H38N4O5S. The Morgan fingerprint density at radius 3 is 1.90 bits per heavy atom. The summed E-state index contributed by atoms with van der Waals surface area (Å²) in [6.07, 6.45) is 6.07. The quantitative estimate of drug-likeness (QED) is 0.238. The van der Waals surface area contributed by atoms with Crippen molar-refractivity contribution in [1.82, 2.24) is 16.0 Å². The number of thiol groups is 1. The number of carbonyl (C=O) groups is 4. The van der Waals surface area contributed by atoms with E-state index in [-0.39, 0.29) is 18.1 Å². The Balaban J connectivity index is 2.84. The Morgan fingerprint density at radius 1 is 0.903 bits per heavy atom. The molecule has 0 aliphatic heterocycles. The molecule has 0 bridgehead atoms. The monoisotopic (exact) mass is 458 g/mol. The first kappa shape index (κ1) is 27.2. The maximum absolute atomic E-state index is 12.9. The number of amides is 3. The van der Waals surface area contributed by atoms with E-state index < -0.39 is 47.9 Å². The van der Waals surface area contributed by atoms with Crippen molar-refractivity contribution in [2.45, 2.75) is 89.9 Å². The van der Waals surface area contributed by atoms with Gasteiger partial charge in [-0.2, -0.15) is 12.6 Å². The minimum atomic E-state index is -1.13. The first-order valence-corrected chi connectivity index (χ1v) is 11.7. The van der Waals surface area contributed by atoms with E-state index >= 15 is 0 Å². The summed E-state index contributed by atoms with van der Waals surface area (Å²) in [5.41, 5.74) is 5.64. The SMILES string of the molecule is CC(C)C[C@H](NC(=O)[C@H](CS)NC(=O)[C@H](CC1CCCCC1)NC(=O)[C@H](C)N)C(=O)O. The molecule has 0 heterocycles. The van der Waals surface area contributed by atoms with Crippen LogP contribution in [-0.4, -0.2) is 58.7 Å². The standard InChI is InChI=1S/C21H38N4O5S/c1-12(2)9-16(21(29)30)24-20(28)17(11-31)25-19(27)15(23-18(26)13(3)22)10-14-7-5-4-6-8-14/h12-17,31H,4-11,22H2,1-3H3,(H,23,26)(H,24,28)(H,25,27)(H,29,30)/t13-,15-,16-,17-/m0/s1. The zero-order valence-electron chi connectivity index (χ0n) is 18.7. The summed E-state index contributed by atoms with van der Waals surface area (Å²) in [7, 11) is 0. The summed E-state index contributed by atoms with van der Waals surface area (Å²) >= 11 is 4.15. The van der Waals surface area contributed by atoms with Crippen LogP contribution >= 0.6 is 12.6 Å². The third-order valence-corrected chi connectivity index (χ3v) is 5.84. The second kappa shape index (κ2) is 13.6. The molecule has 3 amide bonds. The van der Waals surface area contributed by atoms with Crippen molar-refractivity contribution in [3.8, 4) is 0 Å². The molecule has 0 aromatic heterocycles. The third kappa shape index (κ3) is 9.90. The summed E-state index contributed by atoms with van der Waals surface area (Å²) in [6.45, 7) is 5.25. The maximum Gasteiger partial charge on any atom is 0.326 e. The highest BCUT2D eigenvalue weighted by molar-refractivity contribution is 7.80. The van der Waals surface area contributed by atoms with Gasteiger partial charge in [0.15, 0.2) is 0 Å². The molecule has 0 aromatic carbocycles. The summed E-state index contributed by atoms with van der Waals surface area (Å²) in [6, 6.07) is -3.66. The Labute approximate surface area is 190 Å². The molecule has 10 heteroatoms. The summed E-state index contributed by atoms with van der Waals surface area (Å²) in [5, 5.41) is 17.1. The van der Waals surface area contributed by atoms with Crippen LogP contribution in [0.25, 0.3) is 0 Å². The van der Waals surface area contributed by atoms with Crippen LogP contribution in [0.2, 0.25) is 0 Å². The lowest BCUT2D eigenvalue weighted by atomic mass is 9.84. The van der Waals surface area contributed by atoms with Crippen LogP contribution in [0.3, 0.4) is 0 Å². The zero-order chi connectivity index (χ0) is 23.6. The summed E-state index contributed by atoms with van der Waals surface area (Å²) < 4.78 is 0. The lowest BCUT2D eigenvalue weighted by Crippen LogP contribution is -2.57. The molecule has 1 aliphatic rings. The number of carboxylic acids is 1. The molecule has 0 aromatic rings. The number of hydrogen-bond donors (Lipinski definition) is 6. The fourth-order valence-corrected chi connectivity index (χ4v) is 3.98. The molecule has 1 rings (SSSR count). The van der Waals surface area contributed by atoms with Gasteiger partial charge < -0.3 is 26.8 Å². The van der Waals surface area contributed by atoms with Crippen LogP contribution in [-0.2, 0) is 19.2 Å². The van der Waals surface area contributed by atoms with E-state index in [0.29, 0.717) is 12.3 Å². The highest BCUT2D eigenvalue weighted by Gasteiger charge is 2.31. The molecule has 1 saturated carbocycles. The molecule has 4 atom stereocenters. The van der Waals surface area contributed by atoms with Gasteiger partial charge in [-0.15, -0.1) is 0 Å². The average Bonchev–Trinajstić information content (AvgIpc) is 2.70. The maximum atomic E-state index is 12.9. The molecule has 0 unspecified atom stereocenters. The third-order valence-electron chi connectivity index (χ3n) is 5.48. The van der Waals surface area contributed by atoms with Crippen molar-refractivity contribution >= 4 is 36.3 Å². The lowest BCUT2D eigenvalue weighted by Gasteiger charge is -2.28. The molecule has 178 valence electrons. The largest absolute Gasteiger partial charge is 0.480 e. The fourth-order valence-electron chi connectivity index (χ4n) is 3.72. The predicted molar refractivity (Wildman–Crippen MR) is 122 cm³/mol. The van der Waals surface area contributed by atoms with E-state index in [1.54, 1.807) is 0 Å². The molecule has 9 nitrogen and oxygen atoms in total. The van der Waals surface area contributed by atoms with Crippen LogP contribution in [0.15, 0.2) is 0 Å². The van der Waals surface area contributed by atoms with E-state index in [1.807, 2.05) is 13.8 Å². The van der Waals surface area contributed by atoms with Gasteiger partial charge in [0.1, 0.15) is 18.1 Å². The predicted octanol–water partition coefficient (Wildman–Crippen LogP) is 0.819. The van der Waals surface area contributed by atoms with Gasteiger partial charge in [0.25, 0.3) is 0 Å². The van der Waals surface area contributed by atoms with Crippen molar-refractivity contribution < 1.29 is 24.3 Å². The smallest absolute Gasteiger partial charge is 0.326 e. The minimum Gasteiger partial charge on any atom is -0.480 e. The Morgan fingerprint density at radius 2 is 1.42 bits per heavy atom. The van der Waals surface area contributed by atoms with Crippen LogP contribution < -0.4 is 21.7 Å². The Bertz CT molecular complexity index is 623. The van der Waals surface area contributed by atoms with Crippen LogP contribution in [0.4, 0.5) is 0 Å². The molecule has 6 N–H and O–H groups in total. The van der Waals surface area contributed by atoms with Crippen molar-refractivity contribution in [2.75, 3.05) is 5.75 Å². The number of nitrogens with two attached hydrogens (primary N) is 1. The van der Waals surface area contributed by atoms with Gasteiger partial charge >= 0.3 is 5.97 Å². The van der Waals surface area contributed by atoms with E-state index in [1.165, 1.54) is 13.3 Å². The van der Waals surface area contributed by atoms with Gasteiger partial charge in [-0.3, -0.25) is 14.4 Å². The Kier molecular flexibility index (Phi) is 11.9. The van der Waals surface area contributed by atoms with Crippen LogP contribution in [0.1, 0.15) is 65.7 Å². The van der Waals surface area contributed by atoms with Crippen molar-refractivity contribution in [3.63, 3.8) is 0 Å². The van der Waals surface area contributed by atoms with E-state index in [2.05, 4.69) is 28.6 Å². The van der Waals surface area contributed by atoms with Crippen LogP contribution in [0, 0.1) is 11.8 Å². The fraction of sp³-hybridized carbons (Fsp3) is 0.810. The number of carboxylic acid groups (broad SMARTS) is 1. The molecule has 1 aliphatic carbocycles. The molecule has 1 fully saturated rings. The molecule has 0 spiro atoms. The highest BCUT2D eigenvalue weighted by Crippen LogP contribution is 2.27. The van der Waals surface area contributed by atoms with Gasteiger partial charge in [0.05, 0.1) is 6.04 Å². The van der Waals surface area contributed by atoms with Gasteiger partial charge in [-0.05, 0) is 31.6 Å². The Hall–Kier alpha value is -1.81. The molecule has 31 heavy (non-hydrogen) atoms. The van der Waals surface area contributed by atoms with E-state index in [9.17, 15) is 24.3 Å². The van der Waals surface area contributed by atoms with Gasteiger partial charge in [0, 0.05) is 5.75 Å². The summed E-state index contributed by atoms with van der Waals surface area (Å²) in [5.74, 6) is -2.32. The topological polar surface area (TPSA) is 151 Å². The van der Waals surface area contributed by atoms with Crippen molar-refractivity contribution in [3.05, 3.63) is 0 Å². The van der Waals surface area contributed by atoms with E-state index in [4.69, 9.17) is 5.73 Å². The zero-order valence-corrected chi connectivity index (χ0v) is 19.6. The number of nitrogens with one attached hydrogen (secondary N) is 3. The first-order valence-electron chi connectivity index (χ1n) is 11.1. The van der Waals surface area contributed by atoms with Gasteiger partial charge in [0.2, 0.25) is 17.7 Å². The van der Waals surface area contributed by atoms with E-state index in [0.717, 1.165) is 25.7 Å². The second-order valence-corrected chi connectivity index (χ2v) is 9.23. The average molecular weight is 459 g/mol. The van der Waals surface area contributed by atoms with Crippen LogP contribution in [0.5, 0.6) is 0 Å².